The summed E-state index contributed by atoms with van der Waals surface area (Å²) >= 11 is 0. The second-order valence-corrected chi connectivity index (χ2v) is 4.93. The number of alkyl halides is 6. The Morgan fingerprint density at radius 2 is 1.70 bits per heavy atom. The van der Waals surface area contributed by atoms with Crippen molar-refractivity contribution in [3.8, 4) is 0 Å². The minimum Gasteiger partial charge on any atom is -0.335 e. The highest BCUT2D eigenvalue weighted by Gasteiger charge is 2.62. The fraction of sp³-hybridized carbons (Fsp3) is 0.909. The Morgan fingerprint density at radius 1 is 1.20 bits per heavy atom. The maximum Gasteiger partial charge on any atom is 0.409 e. The molecule has 3 nitrogen and oxygen atoms in total. The molecule has 0 aromatic rings. The maximum atomic E-state index is 12.6. The largest absolute Gasteiger partial charge is 0.409 e. The first-order chi connectivity index (χ1) is 9.00. The fourth-order valence-electron chi connectivity index (χ4n) is 2.53. The number of carbonyl (C=O) groups excluding carboxylic acids is 1. The predicted molar refractivity (Wildman–Crippen MR) is 58.6 cm³/mol. The number of amides is 1. The van der Waals surface area contributed by atoms with Gasteiger partial charge in [-0.1, -0.05) is 0 Å². The van der Waals surface area contributed by atoms with Gasteiger partial charge in [-0.3, -0.25) is 4.79 Å². The number of piperidine rings is 1. The van der Waals surface area contributed by atoms with Gasteiger partial charge in [0, 0.05) is 18.6 Å². The number of nitrogens with zero attached hydrogens (tertiary/aromatic N) is 1. The van der Waals surface area contributed by atoms with Crippen LogP contribution in [0.1, 0.15) is 26.2 Å². The van der Waals surface area contributed by atoms with Crippen LogP contribution in [0.15, 0.2) is 0 Å². The Hall–Kier alpha value is -0.990. The Labute approximate surface area is 112 Å². The second kappa shape index (κ2) is 5.79. The first kappa shape index (κ1) is 17.1. The van der Waals surface area contributed by atoms with Gasteiger partial charge in [-0.05, 0) is 26.2 Å². The van der Waals surface area contributed by atoms with E-state index in [4.69, 9.17) is 5.73 Å². The summed E-state index contributed by atoms with van der Waals surface area (Å²) in [4.78, 5) is 12.5. The third-order valence-corrected chi connectivity index (χ3v) is 3.46. The number of carbonyl (C=O) groups is 1. The van der Waals surface area contributed by atoms with E-state index < -0.39 is 36.3 Å². The Kier molecular flexibility index (Phi) is 4.94. The van der Waals surface area contributed by atoms with Crippen LogP contribution >= 0.6 is 0 Å². The number of nitrogens with two attached hydrogens (primary N) is 1. The van der Waals surface area contributed by atoms with Gasteiger partial charge >= 0.3 is 12.4 Å². The summed E-state index contributed by atoms with van der Waals surface area (Å²) < 4.78 is 75.5. The van der Waals surface area contributed by atoms with E-state index in [1.807, 2.05) is 0 Å². The van der Waals surface area contributed by atoms with Crippen LogP contribution in [0.5, 0.6) is 0 Å². The van der Waals surface area contributed by atoms with Crippen LogP contribution in [0.25, 0.3) is 0 Å². The predicted octanol–water partition coefficient (Wildman–Crippen LogP) is 2.46. The molecule has 2 atom stereocenters. The van der Waals surface area contributed by atoms with Gasteiger partial charge in [0.1, 0.15) is 0 Å². The summed E-state index contributed by atoms with van der Waals surface area (Å²) in [5.41, 5.74) is 5.36. The lowest BCUT2D eigenvalue weighted by molar-refractivity contribution is -0.279. The molecule has 0 aliphatic carbocycles. The van der Waals surface area contributed by atoms with Crippen LogP contribution < -0.4 is 5.73 Å². The molecule has 1 fully saturated rings. The van der Waals surface area contributed by atoms with Gasteiger partial charge in [-0.15, -0.1) is 0 Å². The zero-order chi connectivity index (χ0) is 15.7. The molecule has 2 unspecified atom stereocenters. The molecular weight excluding hydrogens is 290 g/mol. The molecule has 0 saturated carbocycles. The normalized spacial score (nSPS) is 25.1. The molecule has 20 heavy (non-hydrogen) atoms. The average Bonchev–Trinajstić information content (AvgIpc) is 2.24. The van der Waals surface area contributed by atoms with E-state index in [1.54, 1.807) is 0 Å². The first-order valence-electron chi connectivity index (χ1n) is 6.15. The molecule has 2 N–H and O–H groups in total. The highest BCUT2D eigenvalue weighted by atomic mass is 19.4. The molecule has 0 spiro atoms. The topological polar surface area (TPSA) is 46.3 Å². The van der Waals surface area contributed by atoms with E-state index in [0.717, 1.165) is 0 Å². The van der Waals surface area contributed by atoms with Gasteiger partial charge in [0.05, 0.1) is 0 Å². The molecule has 0 aromatic carbocycles. The zero-order valence-corrected chi connectivity index (χ0v) is 10.8. The van der Waals surface area contributed by atoms with Crippen LogP contribution in [0.4, 0.5) is 26.3 Å². The van der Waals surface area contributed by atoms with Crippen molar-refractivity contribution in [2.24, 2.45) is 11.7 Å². The average molecular weight is 306 g/mol. The Morgan fingerprint density at radius 3 is 2.10 bits per heavy atom. The van der Waals surface area contributed by atoms with Gasteiger partial charge in [0.2, 0.25) is 11.8 Å². The summed E-state index contributed by atoms with van der Waals surface area (Å²) in [6, 6.07) is -1.46. The van der Waals surface area contributed by atoms with Crippen molar-refractivity contribution in [3.05, 3.63) is 0 Å². The van der Waals surface area contributed by atoms with E-state index in [9.17, 15) is 31.1 Å². The lowest BCUT2D eigenvalue weighted by atomic mass is 9.93. The van der Waals surface area contributed by atoms with Crippen molar-refractivity contribution in [2.75, 3.05) is 6.54 Å². The van der Waals surface area contributed by atoms with Crippen molar-refractivity contribution in [2.45, 2.75) is 50.6 Å². The van der Waals surface area contributed by atoms with Crippen molar-refractivity contribution >= 4 is 5.91 Å². The van der Waals surface area contributed by atoms with Crippen LogP contribution in [-0.2, 0) is 4.79 Å². The van der Waals surface area contributed by atoms with E-state index in [2.05, 4.69) is 0 Å². The molecular formula is C11H16F6N2O. The first-order valence-corrected chi connectivity index (χ1v) is 6.15. The lowest BCUT2D eigenvalue weighted by Crippen LogP contribution is -2.58. The van der Waals surface area contributed by atoms with Crippen molar-refractivity contribution in [1.82, 2.24) is 4.90 Å². The van der Waals surface area contributed by atoms with Gasteiger partial charge in [-0.25, -0.2) is 0 Å². The van der Waals surface area contributed by atoms with Crippen LogP contribution in [0.2, 0.25) is 0 Å². The van der Waals surface area contributed by atoms with Crippen molar-refractivity contribution in [1.29, 1.82) is 0 Å². The van der Waals surface area contributed by atoms with E-state index >= 15 is 0 Å². The zero-order valence-electron chi connectivity index (χ0n) is 10.8. The van der Waals surface area contributed by atoms with Crippen molar-refractivity contribution < 1.29 is 31.1 Å². The Bertz CT molecular complexity index is 340. The molecule has 1 rings (SSSR count). The minimum absolute atomic E-state index is 0.154. The van der Waals surface area contributed by atoms with E-state index in [1.165, 1.54) is 6.92 Å². The molecule has 1 saturated heterocycles. The van der Waals surface area contributed by atoms with Crippen LogP contribution in [-0.4, -0.2) is 41.8 Å². The fourth-order valence-corrected chi connectivity index (χ4v) is 2.53. The van der Waals surface area contributed by atoms with Crippen LogP contribution in [0.3, 0.4) is 0 Å². The summed E-state index contributed by atoms with van der Waals surface area (Å²) in [5, 5.41) is 0. The van der Waals surface area contributed by atoms with E-state index in [0.29, 0.717) is 24.2 Å². The molecule has 1 heterocycles. The third-order valence-electron chi connectivity index (χ3n) is 3.46. The highest BCUT2D eigenvalue weighted by Crippen LogP contribution is 2.41. The van der Waals surface area contributed by atoms with Gasteiger partial charge < -0.3 is 10.6 Å². The second-order valence-electron chi connectivity index (χ2n) is 4.93. The molecule has 118 valence electrons. The molecule has 9 heteroatoms. The lowest BCUT2D eigenvalue weighted by Gasteiger charge is -2.42. The molecule has 1 aliphatic heterocycles. The standard InChI is InChI=1S/C11H16F6N2O/c1-6-3-2-4-7(5-18)19(6)9(20)8(10(12,13)14)11(15,16)17/h6-8H,2-5,18H2,1H3. The Balaban J connectivity index is 3.10. The number of likely N-dealkylation sites (tertiary alicyclic amines) is 1. The van der Waals surface area contributed by atoms with E-state index in [-0.39, 0.29) is 6.54 Å². The van der Waals surface area contributed by atoms with Gasteiger partial charge in [0.15, 0.2) is 0 Å². The summed E-state index contributed by atoms with van der Waals surface area (Å²) in [6.07, 6.45) is -10.0. The number of hydrogen-bond donors (Lipinski definition) is 1. The summed E-state index contributed by atoms with van der Waals surface area (Å²) in [5.74, 6) is -5.93. The molecule has 1 amide bonds. The summed E-state index contributed by atoms with van der Waals surface area (Å²) in [7, 11) is 0. The van der Waals surface area contributed by atoms with Crippen LogP contribution in [0, 0.1) is 5.92 Å². The molecule has 0 radical (unpaired) electrons. The minimum atomic E-state index is -5.66. The molecule has 1 aliphatic rings. The monoisotopic (exact) mass is 306 g/mol. The third kappa shape index (κ3) is 3.56. The molecule has 0 aromatic heterocycles. The number of hydrogen-bond acceptors (Lipinski definition) is 2. The number of halogens is 6. The quantitative estimate of drug-likeness (QED) is 0.797. The highest BCUT2D eigenvalue weighted by molar-refractivity contribution is 5.81. The van der Waals surface area contributed by atoms with Gasteiger partial charge in [-0.2, -0.15) is 26.3 Å². The summed E-state index contributed by atoms with van der Waals surface area (Å²) in [6.45, 7) is 1.28. The smallest absolute Gasteiger partial charge is 0.335 e. The number of rotatable bonds is 2. The van der Waals surface area contributed by atoms with Gasteiger partial charge in [0.25, 0.3) is 0 Å². The SMILES string of the molecule is CC1CCCC(CN)N1C(=O)C(C(F)(F)F)C(F)(F)F. The molecule has 0 bridgehead atoms. The maximum absolute atomic E-state index is 12.6. The van der Waals surface area contributed by atoms with Crippen molar-refractivity contribution in [3.63, 3.8) is 0 Å².